The van der Waals surface area contributed by atoms with Crippen LogP contribution in [-0.2, 0) is 14.3 Å². The van der Waals surface area contributed by atoms with Crippen LogP contribution in [-0.4, -0.2) is 42.8 Å². The summed E-state index contributed by atoms with van der Waals surface area (Å²) in [6.45, 7) is 11.4. The van der Waals surface area contributed by atoms with Crippen molar-refractivity contribution in [2.45, 2.75) is 59.6 Å². The predicted octanol–water partition coefficient (Wildman–Crippen LogP) is 2.83. The second-order valence-electron chi connectivity index (χ2n) is 6.89. The van der Waals surface area contributed by atoms with Gasteiger partial charge in [0.15, 0.2) is 0 Å². The fourth-order valence-corrected chi connectivity index (χ4v) is 1.56. The van der Waals surface area contributed by atoms with E-state index in [4.69, 9.17) is 9.47 Å². The zero-order valence-electron chi connectivity index (χ0n) is 13.4. The van der Waals surface area contributed by atoms with E-state index in [1.807, 2.05) is 20.8 Å². The summed E-state index contributed by atoms with van der Waals surface area (Å²) < 4.78 is 10.0. The van der Waals surface area contributed by atoms with E-state index in [0.29, 0.717) is 6.42 Å². The molecule has 1 amide bonds. The molecule has 0 aliphatic heterocycles. The molecule has 5 nitrogen and oxygen atoms in total. The number of nitrogens with zero attached hydrogens (tertiary/aromatic N) is 1. The van der Waals surface area contributed by atoms with E-state index < -0.39 is 23.7 Å². The molecule has 0 aliphatic carbocycles. The van der Waals surface area contributed by atoms with E-state index in [2.05, 4.69) is 0 Å². The third-order valence-corrected chi connectivity index (χ3v) is 2.43. The maximum absolute atomic E-state index is 12.0. The van der Waals surface area contributed by atoms with Gasteiger partial charge in [0, 0.05) is 7.05 Å². The zero-order valence-corrected chi connectivity index (χ0v) is 13.4. The lowest BCUT2D eigenvalue weighted by atomic mass is 9.87. The van der Waals surface area contributed by atoms with Gasteiger partial charge in [0.1, 0.15) is 11.6 Å². The van der Waals surface area contributed by atoms with E-state index in [1.54, 1.807) is 27.8 Å². The molecule has 0 aromatic carbocycles. The van der Waals surface area contributed by atoms with Crippen LogP contribution >= 0.6 is 0 Å². The molecule has 0 aliphatic rings. The molecule has 0 fully saturated rings. The van der Waals surface area contributed by atoms with E-state index in [0.717, 1.165) is 0 Å². The van der Waals surface area contributed by atoms with Crippen LogP contribution in [0.1, 0.15) is 48.0 Å². The van der Waals surface area contributed by atoms with Crippen molar-refractivity contribution in [3.8, 4) is 0 Å². The van der Waals surface area contributed by atoms with Crippen LogP contribution in [0, 0.1) is 5.41 Å². The number of likely N-dealkylation sites (N-methyl/N-ethyl adjacent to an activating group) is 1. The summed E-state index contributed by atoms with van der Waals surface area (Å²) in [4.78, 5) is 25.1. The lowest BCUT2D eigenvalue weighted by molar-refractivity contribution is -0.147. The molecule has 0 heterocycles. The van der Waals surface area contributed by atoms with Gasteiger partial charge in [0.25, 0.3) is 0 Å². The first-order chi connectivity index (χ1) is 8.37. The van der Waals surface area contributed by atoms with Crippen LogP contribution < -0.4 is 0 Å². The molecule has 0 saturated carbocycles. The fourth-order valence-electron chi connectivity index (χ4n) is 1.56. The molecule has 0 unspecified atom stereocenters. The summed E-state index contributed by atoms with van der Waals surface area (Å²) in [5, 5.41) is 0. The highest BCUT2D eigenvalue weighted by molar-refractivity contribution is 5.81. The summed E-state index contributed by atoms with van der Waals surface area (Å²) in [7, 11) is 2.88. The Bertz CT molecular complexity index is 325. The van der Waals surface area contributed by atoms with Crippen LogP contribution in [0.25, 0.3) is 0 Å². The molecule has 1 atom stereocenters. The minimum Gasteiger partial charge on any atom is -0.467 e. The molecule has 112 valence electrons. The van der Waals surface area contributed by atoms with E-state index in [-0.39, 0.29) is 5.41 Å². The van der Waals surface area contributed by atoms with Gasteiger partial charge in [-0.2, -0.15) is 0 Å². The Morgan fingerprint density at radius 2 is 1.58 bits per heavy atom. The van der Waals surface area contributed by atoms with Crippen LogP contribution in [0.4, 0.5) is 4.79 Å². The number of methoxy groups -OCH3 is 1. The quantitative estimate of drug-likeness (QED) is 0.742. The van der Waals surface area contributed by atoms with Crippen molar-refractivity contribution in [1.82, 2.24) is 4.90 Å². The highest BCUT2D eigenvalue weighted by Gasteiger charge is 2.33. The van der Waals surface area contributed by atoms with Gasteiger partial charge in [0.05, 0.1) is 7.11 Å². The summed E-state index contributed by atoms with van der Waals surface area (Å²) in [6, 6.07) is -0.639. The number of amides is 1. The average molecular weight is 273 g/mol. The van der Waals surface area contributed by atoms with Crippen LogP contribution in [0.3, 0.4) is 0 Å². The summed E-state index contributed by atoms with van der Waals surface area (Å²) >= 11 is 0. The molecule has 0 spiro atoms. The van der Waals surface area contributed by atoms with Gasteiger partial charge in [-0.1, -0.05) is 20.8 Å². The zero-order chi connectivity index (χ0) is 15.4. The second-order valence-corrected chi connectivity index (χ2v) is 6.89. The van der Waals surface area contributed by atoms with Gasteiger partial charge >= 0.3 is 12.1 Å². The normalized spacial score (nSPS) is 13.7. The van der Waals surface area contributed by atoms with E-state index >= 15 is 0 Å². The molecule has 0 aromatic rings. The third kappa shape index (κ3) is 7.03. The van der Waals surface area contributed by atoms with Gasteiger partial charge in [-0.25, -0.2) is 9.59 Å². The minimum atomic E-state index is -0.639. The second kappa shape index (κ2) is 6.26. The van der Waals surface area contributed by atoms with Crippen LogP contribution in [0.15, 0.2) is 0 Å². The number of carbonyl (C=O) groups is 2. The number of carbonyl (C=O) groups excluding carboxylic acids is 2. The number of rotatable bonds is 3. The topological polar surface area (TPSA) is 55.8 Å². The van der Waals surface area contributed by atoms with E-state index in [9.17, 15) is 9.59 Å². The number of hydrogen-bond donors (Lipinski definition) is 0. The van der Waals surface area contributed by atoms with Crippen LogP contribution in [0.5, 0.6) is 0 Å². The van der Waals surface area contributed by atoms with Crippen molar-refractivity contribution in [3.63, 3.8) is 0 Å². The summed E-state index contributed by atoms with van der Waals surface area (Å²) in [5.41, 5.74) is -0.692. The SMILES string of the molecule is COC(=O)[C@H](CC(C)(C)C)N(C)C(=O)OC(C)(C)C. The Morgan fingerprint density at radius 1 is 1.11 bits per heavy atom. The molecular formula is C14H27NO4. The van der Waals surface area contributed by atoms with Crippen molar-refractivity contribution >= 4 is 12.1 Å². The number of hydrogen-bond acceptors (Lipinski definition) is 4. The monoisotopic (exact) mass is 273 g/mol. The van der Waals surface area contributed by atoms with Crippen molar-refractivity contribution in [2.75, 3.05) is 14.2 Å². The van der Waals surface area contributed by atoms with Gasteiger partial charge < -0.3 is 9.47 Å². The highest BCUT2D eigenvalue weighted by Crippen LogP contribution is 2.24. The smallest absolute Gasteiger partial charge is 0.410 e. The van der Waals surface area contributed by atoms with Crippen molar-refractivity contribution < 1.29 is 19.1 Å². The first kappa shape index (κ1) is 17.7. The Balaban J connectivity index is 4.96. The number of ether oxygens (including phenoxy) is 2. The maximum atomic E-state index is 12.0. The van der Waals surface area contributed by atoms with Crippen molar-refractivity contribution in [3.05, 3.63) is 0 Å². The third-order valence-electron chi connectivity index (χ3n) is 2.43. The molecule has 5 heteroatoms. The molecule has 0 N–H and O–H groups in total. The Hall–Kier alpha value is -1.26. The largest absolute Gasteiger partial charge is 0.467 e. The van der Waals surface area contributed by atoms with Gasteiger partial charge in [-0.05, 0) is 32.6 Å². The molecule has 0 bridgehead atoms. The molecule has 0 rings (SSSR count). The molecule has 19 heavy (non-hydrogen) atoms. The Morgan fingerprint density at radius 3 is 1.89 bits per heavy atom. The number of esters is 1. The maximum Gasteiger partial charge on any atom is 0.410 e. The molecule has 0 aromatic heterocycles. The van der Waals surface area contributed by atoms with Crippen LogP contribution in [0.2, 0.25) is 0 Å². The summed E-state index contributed by atoms with van der Waals surface area (Å²) in [5.74, 6) is -0.428. The Labute approximate surface area is 116 Å². The molecule has 0 saturated heterocycles. The van der Waals surface area contributed by atoms with Crippen molar-refractivity contribution in [1.29, 1.82) is 0 Å². The molecule has 0 radical (unpaired) electrons. The van der Waals surface area contributed by atoms with Gasteiger partial charge in [-0.3, -0.25) is 4.90 Å². The standard InChI is InChI=1S/C14H27NO4/c1-13(2,3)9-10(11(16)18-8)15(7)12(17)19-14(4,5)6/h10H,9H2,1-8H3/t10-/m0/s1. The Kier molecular flexibility index (Phi) is 5.84. The van der Waals surface area contributed by atoms with Gasteiger partial charge in [-0.15, -0.1) is 0 Å². The lowest BCUT2D eigenvalue weighted by Gasteiger charge is -2.32. The predicted molar refractivity (Wildman–Crippen MR) is 73.9 cm³/mol. The van der Waals surface area contributed by atoms with Gasteiger partial charge in [0.2, 0.25) is 0 Å². The fraction of sp³-hybridized carbons (Fsp3) is 0.857. The summed E-state index contributed by atoms with van der Waals surface area (Å²) in [6.07, 6.45) is -0.0118. The first-order valence-corrected chi connectivity index (χ1v) is 6.41. The first-order valence-electron chi connectivity index (χ1n) is 6.41. The lowest BCUT2D eigenvalue weighted by Crippen LogP contribution is -2.46. The minimum absolute atomic E-state index is 0.102. The van der Waals surface area contributed by atoms with Crippen molar-refractivity contribution in [2.24, 2.45) is 5.41 Å². The molecular weight excluding hydrogens is 246 g/mol. The average Bonchev–Trinajstić information content (AvgIpc) is 2.20. The highest BCUT2D eigenvalue weighted by atomic mass is 16.6. The van der Waals surface area contributed by atoms with E-state index in [1.165, 1.54) is 12.0 Å².